The fourth-order valence-electron chi connectivity index (χ4n) is 5.40. The average molecular weight is 719 g/mol. The molecule has 2 heterocycles. The van der Waals surface area contributed by atoms with E-state index in [1.807, 2.05) is 17.7 Å². The minimum absolute atomic E-state index is 0.0303. The van der Waals surface area contributed by atoms with Crippen molar-refractivity contribution >= 4 is 46.1 Å². The summed E-state index contributed by atoms with van der Waals surface area (Å²) < 4.78 is 43.3. The third-order valence-corrected chi connectivity index (χ3v) is 8.07. The van der Waals surface area contributed by atoms with Gasteiger partial charge in [-0.05, 0) is 85.8 Å². The summed E-state index contributed by atoms with van der Waals surface area (Å²) in [6, 6.07) is 21.8. The molecule has 13 nitrogen and oxygen atoms in total. The van der Waals surface area contributed by atoms with E-state index in [0.29, 0.717) is 16.9 Å². The van der Waals surface area contributed by atoms with E-state index in [2.05, 4.69) is 10.6 Å². The van der Waals surface area contributed by atoms with E-state index in [1.54, 1.807) is 31.3 Å². The number of ether oxygens (including phenoxy) is 2. The van der Waals surface area contributed by atoms with Gasteiger partial charge in [-0.3, -0.25) is 29.6 Å². The number of nitro groups is 1. The highest BCUT2D eigenvalue weighted by molar-refractivity contribution is 6.11. The van der Waals surface area contributed by atoms with Crippen molar-refractivity contribution in [3.8, 4) is 22.9 Å². The van der Waals surface area contributed by atoms with Crippen LogP contribution < -0.4 is 25.7 Å². The molecule has 0 fully saturated rings. The summed E-state index contributed by atoms with van der Waals surface area (Å²) in [6.45, 7) is 1.66. The Kier molecular flexibility index (Phi) is 9.90. The number of non-ortho nitro benzene ring substituents is 1. The average Bonchev–Trinajstić information content (AvgIpc) is 3.49. The predicted molar refractivity (Wildman–Crippen MR) is 193 cm³/mol. The Balaban J connectivity index is 1.23. The molecule has 0 saturated carbocycles. The number of nitrogens with one attached hydrogen (secondary N) is 3. The molecule has 2 aromatic heterocycles. The van der Waals surface area contributed by atoms with Gasteiger partial charge < -0.3 is 24.8 Å². The Hall–Kier alpha value is -7.42. The summed E-state index contributed by atoms with van der Waals surface area (Å²) >= 11 is 0. The molecule has 0 bridgehead atoms. The Bertz CT molecular complexity index is 2510. The van der Waals surface area contributed by atoms with E-state index in [0.717, 1.165) is 23.2 Å². The maximum Gasteiger partial charge on any atom is 0.416 e. The van der Waals surface area contributed by atoms with E-state index in [1.165, 1.54) is 77.5 Å². The van der Waals surface area contributed by atoms with Crippen LogP contribution in [0.1, 0.15) is 21.6 Å². The van der Waals surface area contributed by atoms with Gasteiger partial charge in [0.25, 0.3) is 17.2 Å². The Morgan fingerprint density at radius 2 is 1.64 bits per heavy atom. The number of allylic oxidation sites excluding steroid dienone is 1. The number of benzene rings is 4. The highest BCUT2D eigenvalue weighted by Gasteiger charge is 2.19. The van der Waals surface area contributed by atoms with Crippen molar-refractivity contribution in [2.75, 3.05) is 5.32 Å². The van der Waals surface area contributed by atoms with E-state index < -0.39 is 34.1 Å². The first-order valence-corrected chi connectivity index (χ1v) is 15.7. The molecule has 3 N–H and O–H groups in total. The van der Waals surface area contributed by atoms with E-state index in [9.17, 15) is 28.9 Å². The zero-order chi connectivity index (χ0) is 37.8. The first kappa shape index (κ1) is 35.4. The number of rotatable bonds is 10. The van der Waals surface area contributed by atoms with Crippen LogP contribution in [0, 0.1) is 34.1 Å². The molecular formula is C38H28F2N6O7. The second-order valence-corrected chi connectivity index (χ2v) is 11.6. The molecule has 0 radical (unpaired) electrons. The highest BCUT2D eigenvalue weighted by Crippen LogP contribution is 2.36. The number of aromatic nitrogens is 2. The number of halogens is 2. The quantitative estimate of drug-likeness (QED) is 0.0742. The number of fused-ring (bicyclic) bond motifs is 1. The number of aryl methyl sites for hydroxylation is 2. The summed E-state index contributed by atoms with van der Waals surface area (Å²) in [5.74, 6) is -2.20. The molecule has 0 aliphatic heterocycles. The van der Waals surface area contributed by atoms with Crippen molar-refractivity contribution in [2.24, 2.45) is 7.05 Å². The van der Waals surface area contributed by atoms with Crippen LogP contribution >= 0.6 is 0 Å². The molecule has 6 aromatic rings. The number of amides is 2. The number of carbonyl (C=O) groups excluding carboxylic acids is 2. The summed E-state index contributed by atoms with van der Waals surface area (Å²) in [5, 5.41) is 24.6. The lowest BCUT2D eigenvalue weighted by Gasteiger charge is -2.15. The maximum atomic E-state index is 15.6. The molecule has 0 aliphatic rings. The van der Waals surface area contributed by atoms with Gasteiger partial charge in [-0.1, -0.05) is 0 Å². The van der Waals surface area contributed by atoms with Crippen LogP contribution in [-0.4, -0.2) is 32.3 Å². The number of carbonyl (C=O) groups is 2. The molecule has 0 unspecified atom stereocenters. The molecule has 0 aliphatic carbocycles. The molecule has 0 spiro atoms. The van der Waals surface area contributed by atoms with Gasteiger partial charge in [0.1, 0.15) is 22.9 Å². The van der Waals surface area contributed by atoms with E-state index in [4.69, 9.17) is 14.9 Å². The molecule has 0 atom stereocenters. The van der Waals surface area contributed by atoms with Crippen molar-refractivity contribution in [1.82, 2.24) is 14.5 Å². The molecule has 15 heteroatoms. The lowest BCUT2D eigenvalue weighted by atomic mass is 10.0. The zero-order valence-electron chi connectivity index (χ0n) is 27.9. The van der Waals surface area contributed by atoms with Crippen LogP contribution in [0.25, 0.3) is 22.2 Å². The van der Waals surface area contributed by atoms with Crippen LogP contribution in [0.5, 0.6) is 17.2 Å². The van der Waals surface area contributed by atoms with Crippen molar-refractivity contribution in [2.45, 2.75) is 6.92 Å². The normalized spacial score (nSPS) is 11.2. The van der Waals surface area contributed by atoms with Gasteiger partial charge in [0.2, 0.25) is 0 Å². The molecule has 266 valence electrons. The third kappa shape index (κ3) is 7.68. The van der Waals surface area contributed by atoms with Crippen molar-refractivity contribution in [1.29, 1.82) is 5.41 Å². The standard InChI is InChI=1S/C38H28F2N6O7/c1-22-3-13-30(37(48)45(22)27-7-4-25(39)5-8-27)36(47)43-26-6-14-34(32(40)18-26)53-35-17-23-15-16-44(2)33(23)19-31(35)24(20-41)21-42-38(49)52-29-11-9-28(10-12-29)46(50)51/h3-21,41H,1-2H3,(H,42,49)(H,43,47)/b24-21+,41-20?. The number of hydrogen-bond acceptors (Lipinski definition) is 8. The van der Waals surface area contributed by atoms with Gasteiger partial charge >= 0.3 is 6.09 Å². The van der Waals surface area contributed by atoms with E-state index in [-0.39, 0.29) is 39.8 Å². The monoisotopic (exact) mass is 718 g/mol. The largest absolute Gasteiger partial charge is 0.454 e. The van der Waals surface area contributed by atoms with Gasteiger partial charge in [0.15, 0.2) is 11.6 Å². The summed E-state index contributed by atoms with van der Waals surface area (Å²) in [7, 11) is 1.81. The molecule has 6 rings (SSSR count). The second-order valence-electron chi connectivity index (χ2n) is 11.6. The molecular weight excluding hydrogens is 690 g/mol. The number of anilines is 1. The summed E-state index contributed by atoms with van der Waals surface area (Å²) in [5.41, 5.74) is 1.04. The minimum Gasteiger partial charge on any atom is -0.454 e. The van der Waals surface area contributed by atoms with Gasteiger partial charge in [0, 0.05) is 83.0 Å². The second kappa shape index (κ2) is 14.8. The summed E-state index contributed by atoms with van der Waals surface area (Å²) in [6.07, 6.45) is 3.01. The van der Waals surface area contributed by atoms with Crippen LogP contribution in [0.2, 0.25) is 0 Å². The van der Waals surface area contributed by atoms with Crippen molar-refractivity contribution < 1.29 is 32.8 Å². The molecule has 4 aromatic carbocycles. The SMILES string of the molecule is Cc1ccc(C(=O)Nc2ccc(Oc3cc4ccn(C)c4cc3/C(C=N)=C/NC(=O)Oc3ccc([N+](=O)[O-])cc3)c(F)c2)c(=O)n1-c1ccc(F)cc1. The Morgan fingerprint density at radius 1 is 0.906 bits per heavy atom. The minimum atomic E-state index is -0.940. The van der Waals surface area contributed by atoms with Crippen molar-refractivity contribution in [3.05, 3.63) is 158 Å². The topological polar surface area (TPSA) is 171 Å². The van der Waals surface area contributed by atoms with Crippen LogP contribution in [0.3, 0.4) is 0 Å². The number of nitro benzene ring substituents is 1. The number of pyridine rings is 1. The number of hydrogen-bond donors (Lipinski definition) is 3. The lowest BCUT2D eigenvalue weighted by molar-refractivity contribution is -0.384. The third-order valence-electron chi connectivity index (χ3n) is 8.07. The fourth-order valence-corrected chi connectivity index (χ4v) is 5.40. The molecule has 0 saturated heterocycles. The first-order valence-electron chi connectivity index (χ1n) is 15.7. The Labute approximate surface area is 299 Å². The van der Waals surface area contributed by atoms with Gasteiger partial charge in [0.05, 0.1) is 4.92 Å². The smallest absolute Gasteiger partial charge is 0.416 e. The number of nitrogens with zero attached hydrogens (tertiary/aromatic N) is 3. The van der Waals surface area contributed by atoms with Crippen LogP contribution in [0.15, 0.2) is 114 Å². The van der Waals surface area contributed by atoms with Gasteiger partial charge in [-0.25, -0.2) is 13.6 Å². The zero-order valence-corrected chi connectivity index (χ0v) is 27.9. The molecule has 2 amide bonds. The van der Waals surface area contributed by atoms with Crippen LogP contribution in [-0.2, 0) is 7.05 Å². The highest BCUT2D eigenvalue weighted by atomic mass is 19.1. The predicted octanol–water partition coefficient (Wildman–Crippen LogP) is 7.65. The van der Waals surface area contributed by atoms with Gasteiger partial charge in [-0.2, -0.15) is 0 Å². The fraction of sp³-hybridized carbons (Fsp3) is 0.0526. The Morgan fingerprint density at radius 3 is 2.32 bits per heavy atom. The van der Waals surface area contributed by atoms with E-state index >= 15 is 4.39 Å². The lowest BCUT2D eigenvalue weighted by Crippen LogP contribution is -2.29. The first-order chi connectivity index (χ1) is 25.4. The van der Waals surface area contributed by atoms with Gasteiger partial charge in [-0.15, -0.1) is 0 Å². The van der Waals surface area contributed by atoms with Crippen molar-refractivity contribution in [3.63, 3.8) is 0 Å². The van der Waals surface area contributed by atoms with Crippen LogP contribution in [0.4, 0.5) is 25.0 Å². The maximum absolute atomic E-state index is 15.6. The summed E-state index contributed by atoms with van der Waals surface area (Å²) in [4.78, 5) is 49.3. The molecule has 53 heavy (non-hydrogen) atoms.